The molecule has 0 spiro atoms. The molecule has 0 saturated heterocycles. The Balaban J connectivity index is 2.01. The number of anilines is 1. The zero-order valence-electron chi connectivity index (χ0n) is 14.5. The third-order valence-electron chi connectivity index (χ3n) is 4.59. The van der Waals surface area contributed by atoms with Gasteiger partial charge in [-0.05, 0) is 44.0 Å². The second-order valence-electron chi connectivity index (χ2n) is 6.32. The highest BCUT2D eigenvalue weighted by Crippen LogP contribution is 2.32. The molecule has 3 N–H and O–H groups in total. The van der Waals surface area contributed by atoms with Gasteiger partial charge in [-0.25, -0.2) is 0 Å². The van der Waals surface area contributed by atoms with Gasteiger partial charge in [0.2, 0.25) is 0 Å². The summed E-state index contributed by atoms with van der Waals surface area (Å²) in [7, 11) is 1.56. The van der Waals surface area contributed by atoms with Gasteiger partial charge in [0.05, 0.1) is 0 Å². The van der Waals surface area contributed by atoms with Crippen molar-refractivity contribution < 1.29 is 24.2 Å². The van der Waals surface area contributed by atoms with E-state index in [0.29, 0.717) is 24.1 Å². The minimum atomic E-state index is -1.10. The fourth-order valence-electron chi connectivity index (χ4n) is 2.94. The maximum absolute atomic E-state index is 12.6. The van der Waals surface area contributed by atoms with Crippen LogP contribution in [0, 0.1) is 0 Å². The lowest BCUT2D eigenvalue weighted by Gasteiger charge is -2.34. The van der Waals surface area contributed by atoms with Crippen molar-refractivity contribution in [1.29, 1.82) is 0 Å². The summed E-state index contributed by atoms with van der Waals surface area (Å²) >= 11 is 0. The van der Waals surface area contributed by atoms with Crippen molar-refractivity contribution in [2.75, 3.05) is 12.4 Å². The van der Waals surface area contributed by atoms with Crippen LogP contribution >= 0.6 is 0 Å². The first-order valence-corrected chi connectivity index (χ1v) is 8.38. The molecular formula is C18H24N2O5. The Labute approximate surface area is 146 Å². The average Bonchev–Trinajstić information content (AvgIpc) is 2.62. The lowest BCUT2D eigenvalue weighted by molar-refractivity contribution is -0.141. The predicted octanol–water partition coefficient (Wildman–Crippen LogP) is 2.18. The Morgan fingerprint density at radius 3 is 2.24 bits per heavy atom. The van der Waals surface area contributed by atoms with Crippen molar-refractivity contribution in [3.63, 3.8) is 0 Å². The first-order valence-electron chi connectivity index (χ1n) is 8.38. The fraction of sp³-hybridized carbons (Fsp3) is 0.500. The van der Waals surface area contributed by atoms with Crippen LogP contribution in [0.15, 0.2) is 24.3 Å². The van der Waals surface area contributed by atoms with Gasteiger partial charge in [0, 0.05) is 18.4 Å². The van der Waals surface area contributed by atoms with E-state index >= 15 is 0 Å². The van der Waals surface area contributed by atoms with Crippen molar-refractivity contribution in [1.82, 2.24) is 5.32 Å². The molecule has 1 aromatic rings. The van der Waals surface area contributed by atoms with Crippen LogP contribution in [0.25, 0.3) is 0 Å². The number of hydrogen-bond acceptors (Lipinski definition) is 4. The molecule has 1 unspecified atom stereocenters. The highest BCUT2D eigenvalue weighted by Gasteiger charge is 2.39. The molecule has 7 nitrogen and oxygen atoms in total. The molecule has 0 radical (unpaired) electrons. The Morgan fingerprint density at radius 2 is 1.72 bits per heavy atom. The van der Waals surface area contributed by atoms with E-state index in [-0.39, 0.29) is 5.91 Å². The molecule has 25 heavy (non-hydrogen) atoms. The number of carboxylic acid groups (broad SMARTS) is 1. The molecule has 1 aliphatic rings. The number of aliphatic carboxylic acids is 1. The largest absolute Gasteiger partial charge is 0.480 e. The van der Waals surface area contributed by atoms with Gasteiger partial charge in [0.25, 0.3) is 11.8 Å². The molecule has 2 rings (SSSR count). The molecule has 0 heterocycles. The SMILES string of the molecule is COC1(C(=O)Nc2ccc(C(=O)NC(C)C(=O)O)cc2)CCCCC1. The topological polar surface area (TPSA) is 105 Å². The molecule has 1 aliphatic carbocycles. The molecule has 7 heteroatoms. The number of benzene rings is 1. The van der Waals surface area contributed by atoms with Crippen molar-refractivity contribution in [3.05, 3.63) is 29.8 Å². The van der Waals surface area contributed by atoms with Gasteiger partial charge in [-0.15, -0.1) is 0 Å². The monoisotopic (exact) mass is 348 g/mol. The van der Waals surface area contributed by atoms with E-state index in [4.69, 9.17) is 9.84 Å². The van der Waals surface area contributed by atoms with Crippen LogP contribution in [0.4, 0.5) is 5.69 Å². The number of carbonyl (C=O) groups excluding carboxylic acids is 2. The van der Waals surface area contributed by atoms with Gasteiger partial charge in [-0.2, -0.15) is 0 Å². The highest BCUT2D eigenvalue weighted by atomic mass is 16.5. The van der Waals surface area contributed by atoms with Gasteiger partial charge >= 0.3 is 5.97 Å². The number of ether oxygens (including phenoxy) is 1. The molecule has 0 bridgehead atoms. The number of methoxy groups -OCH3 is 1. The summed E-state index contributed by atoms with van der Waals surface area (Å²) in [6.45, 7) is 1.39. The lowest BCUT2D eigenvalue weighted by Crippen LogP contribution is -2.46. The van der Waals surface area contributed by atoms with E-state index in [2.05, 4.69) is 10.6 Å². The van der Waals surface area contributed by atoms with Crippen LogP contribution in [0.5, 0.6) is 0 Å². The second-order valence-corrected chi connectivity index (χ2v) is 6.32. The van der Waals surface area contributed by atoms with E-state index in [1.165, 1.54) is 6.92 Å². The van der Waals surface area contributed by atoms with Gasteiger partial charge < -0.3 is 20.5 Å². The maximum Gasteiger partial charge on any atom is 0.325 e. The molecule has 136 valence electrons. The minimum Gasteiger partial charge on any atom is -0.480 e. The number of nitrogens with one attached hydrogen (secondary N) is 2. The summed E-state index contributed by atoms with van der Waals surface area (Å²) in [5.41, 5.74) is 0.102. The molecule has 1 aromatic carbocycles. The second kappa shape index (κ2) is 8.11. The predicted molar refractivity (Wildman–Crippen MR) is 92.5 cm³/mol. The number of carbonyl (C=O) groups is 3. The number of amides is 2. The van der Waals surface area contributed by atoms with Crippen LogP contribution in [0.1, 0.15) is 49.4 Å². The third kappa shape index (κ3) is 4.57. The Kier molecular flexibility index (Phi) is 6.14. The van der Waals surface area contributed by atoms with Crippen molar-refractivity contribution in [2.45, 2.75) is 50.7 Å². The smallest absolute Gasteiger partial charge is 0.325 e. The summed E-state index contributed by atoms with van der Waals surface area (Å²) < 4.78 is 5.51. The molecule has 1 fully saturated rings. The molecular weight excluding hydrogens is 324 g/mol. The van der Waals surface area contributed by atoms with E-state index in [1.54, 1.807) is 31.4 Å². The van der Waals surface area contributed by atoms with Crippen molar-refractivity contribution >= 4 is 23.5 Å². The van der Waals surface area contributed by atoms with Crippen LogP contribution in [0.3, 0.4) is 0 Å². The summed E-state index contributed by atoms with van der Waals surface area (Å²) in [5, 5.41) is 14.0. The highest BCUT2D eigenvalue weighted by molar-refractivity contribution is 5.99. The average molecular weight is 348 g/mol. The van der Waals surface area contributed by atoms with Gasteiger partial charge in [0.15, 0.2) is 0 Å². The third-order valence-corrected chi connectivity index (χ3v) is 4.59. The molecule has 0 aromatic heterocycles. The summed E-state index contributed by atoms with van der Waals surface area (Å²) in [5.74, 6) is -1.76. The number of hydrogen-bond donors (Lipinski definition) is 3. The lowest BCUT2D eigenvalue weighted by atomic mass is 9.84. The zero-order chi connectivity index (χ0) is 18.4. The van der Waals surface area contributed by atoms with Crippen LogP contribution in [-0.4, -0.2) is 41.6 Å². The van der Waals surface area contributed by atoms with Crippen LogP contribution in [-0.2, 0) is 14.3 Å². The maximum atomic E-state index is 12.6. The summed E-state index contributed by atoms with van der Waals surface area (Å²) in [6.07, 6.45) is 4.42. The number of rotatable bonds is 6. The Hall–Kier alpha value is -2.41. The minimum absolute atomic E-state index is 0.175. The normalized spacial score (nSPS) is 17.4. The first-order chi connectivity index (χ1) is 11.9. The standard InChI is InChI=1S/C18H24N2O5/c1-12(16(22)23)19-15(21)13-6-8-14(9-7-13)20-17(24)18(25-2)10-4-3-5-11-18/h6-9,12H,3-5,10-11H2,1-2H3,(H,19,21)(H,20,24)(H,22,23). The molecule has 1 atom stereocenters. The molecule has 0 aliphatic heterocycles. The Bertz CT molecular complexity index is 635. The Morgan fingerprint density at radius 1 is 1.12 bits per heavy atom. The van der Waals surface area contributed by atoms with Crippen molar-refractivity contribution in [3.8, 4) is 0 Å². The molecule has 2 amide bonds. The van der Waals surface area contributed by atoms with Crippen molar-refractivity contribution in [2.24, 2.45) is 0 Å². The van der Waals surface area contributed by atoms with E-state index in [9.17, 15) is 14.4 Å². The van der Waals surface area contributed by atoms with Gasteiger partial charge in [-0.3, -0.25) is 14.4 Å². The quantitative estimate of drug-likeness (QED) is 0.731. The molecule has 1 saturated carbocycles. The van der Waals surface area contributed by atoms with E-state index in [0.717, 1.165) is 19.3 Å². The van der Waals surface area contributed by atoms with Gasteiger partial charge in [0.1, 0.15) is 11.6 Å². The van der Waals surface area contributed by atoms with Crippen LogP contribution < -0.4 is 10.6 Å². The van der Waals surface area contributed by atoms with E-state index < -0.39 is 23.5 Å². The number of carboxylic acids is 1. The van der Waals surface area contributed by atoms with Crippen LogP contribution in [0.2, 0.25) is 0 Å². The fourth-order valence-corrected chi connectivity index (χ4v) is 2.94. The zero-order valence-corrected chi connectivity index (χ0v) is 14.5. The van der Waals surface area contributed by atoms with Gasteiger partial charge in [-0.1, -0.05) is 19.3 Å². The van der Waals surface area contributed by atoms with E-state index in [1.807, 2.05) is 0 Å². The summed E-state index contributed by atoms with van der Waals surface area (Å²) in [4.78, 5) is 35.3. The summed E-state index contributed by atoms with van der Waals surface area (Å²) in [6, 6.07) is 5.34. The first kappa shape index (κ1) is 18.9.